The summed E-state index contributed by atoms with van der Waals surface area (Å²) in [5.41, 5.74) is -1.19. The topological polar surface area (TPSA) is 49.4 Å². The molecule has 3 fully saturated rings. The average Bonchev–Trinajstić information content (AvgIpc) is 3.31. The molecule has 3 aliphatic rings. The van der Waals surface area contributed by atoms with Gasteiger partial charge in [-0.15, -0.1) is 0 Å². The summed E-state index contributed by atoms with van der Waals surface area (Å²) in [4.78, 5) is 28.1. The Morgan fingerprint density at radius 1 is 1.19 bits per heavy atom. The van der Waals surface area contributed by atoms with Crippen molar-refractivity contribution in [1.82, 2.24) is 10.2 Å². The molecule has 118 valence electrons. The summed E-state index contributed by atoms with van der Waals surface area (Å²) in [6, 6.07) is 0. The van der Waals surface area contributed by atoms with Crippen molar-refractivity contribution in [2.75, 3.05) is 6.54 Å². The van der Waals surface area contributed by atoms with Crippen LogP contribution in [0.3, 0.4) is 0 Å². The van der Waals surface area contributed by atoms with Gasteiger partial charge in [0.1, 0.15) is 11.1 Å². The van der Waals surface area contributed by atoms with Crippen molar-refractivity contribution < 1.29 is 9.59 Å². The first kappa shape index (κ1) is 14.9. The predicted octanol–water partition coefficient (Wildman–Crippen LogP) is 2.62. The molecule has 4 nitrogen and oxygen atoms in total. The van der Waals surface area contributed by atoms with Gasteiger partial charge < -0.3 is 10.2 Å². The first-order valence-corrected chi connectivity index (χ1v) is 8.69. The largest absolute Gasteiger partial charge is 0.340 e. The van der Waals surface area contributed by atoms with Gasteiger partial charge in [-0.2, -0.15) is 0 Å². The molecule has 1 aliphatic heterocycles. The molecular weight excluding hydrogens is 264 g/mol. The molecule has 1 spiro atoms. The molecule has 2 saturated carbocycles. The molecule has 4 heteroatoms. The highest BCUT2D eigenvalue weighted by molar-refractivity contribution is 6.02. The van der Waals surface area contributed by atoms with Gasteiger partial charge in [0.05, 0.1) is 0 Å². The molecule has 0 bridgehead atoms. The minimum Gasteiger partial charge on any atom is -0.340 e. The molecule has 1 N–H and O–H groups in total. The number of carbonyl (C=O) groups excluding carboxylic acids is 2. The van der Waals surface area contributed by atoms with Crippen molar-refractivity contribution in [3.8, 4) is 0 Å². The zero-order valence-electron chi connectivity index (χ0n) is 13.4. The van der Waals surface area contributed by atoms with Crippen molar-refractivity contribution in [3.05, 3.63) is 0 Å². The third-order valence-corrected chi connectivity index (χ3v) is 5.84. The second-order valence-electron chi connectivity index (χ2n) is 7.33. The SMILES string of the molecule is CCCCN1C(=O)C2(CCCCC2)NC(=O)C1(C)C1CC1. The predicted molar refractivity (Wildman–Crippen MR) is 81.7 cm³/mol. The zero-order valence-corrected chi connectivity index (χ0v) is 13.4. The molecule has 0 aromatic heterocycles. The fraction of sp³-hybridized carbons (Fsp3) is 0.882. The molecule has 3 rings (SSSR count). The Kier molecular flexibility index (Phi) is 3.74. The quantitative estimate of drug-likeness (QED) is 0.866. The molecular formula is C17H28N2O2. The summed E-state index contributed by atoms with van der Waals surface area (Å²) >= 11 is 0. The van der Waals surface area contributed by atoms with Gasteiger partial charge in [-0.05, 0) is 44.9 Å². The summed E-state index contributed by atoms with van der Waals surface area (Å²) in [7, 11) is 0. The minimum atomic E-state index is -0.602. The second kappa shape index (κ2) is 5.29. The smallest absolute Gasteiger partial charge is 0.249 e. The highest BCUT2D eigenvalue weighted by Gasteiger charge is 2.61. The van der Waals surface area contributed by atoms with Gasteiger partial charge in [0.15, 0.2) is 0 Å². The number of unbranched alkanes of at least 4 members (excludes halogenated alkanes) is 1. The maximum atomic E-state index is 13.2. The van der Waals surface area contributed by atoms with Crippen molar-refractivity contribution in [3.63, 3.8) is 0 Å². The van der Waals surface area contributed by atoms with Crippen LogP contribution in [0.5, 0.6) is 0 Å². The summed E-state index contributed by atoms with van der Waals surface area (Å²) in [6.07, 6.45) is 9.11. The number of hydrogen-bond donors (Lipinski definition) is 1. The van der Waals surface area contributed by atoms with Crippen LogP contribution in [0.15, 0.2) is 0 Å². The summed E-state index contributed by atoms with van der Waals surface area (Å²) < 4.78 is 0. The Labute approximate surface area is 127 Å². The maximum Gasteiger partial charge on any atom is 0.249 e. The molecule has 0 aromatic rings. The number of amides is 2. The van der Waals surface area contributed by atoms with Crippen molar-refractivity contribution in [2.24, 2.45) is 5.92 Å². The Morgan fingerprint density at radius 3 is 2.43 bits per heavy atom. The number of nitrogens with zero attached hydrogens (tertiary/aromatic N) is 1. The molecule has 1 heterocycles. The molecule has 0 radical (unpaired) electrons. The fourth-order valence-corrected chi connectivity index (χ4v) is 4.18. The average molecular weight is 292 g/mol. The van der Waals surface area contributed by atoms with Crippen LogP contribution in [-0.2, 0) is 9.59 Å². The molecule has 2 amide bonds. The van der Waals surface area contributed by atoms with Gasteiger partial charge in [-0.3, -0.25) is 9.59 Å². The molecule has 21 heavy (non-hydrogen) atoms. The van der Waals surface area contributed by atoms with Crippen LogP contribution >= 0.6 is 0 Å². The Hall–Kier alpha value is -1.06. The van der Waals surface area contributed by atoms with Crippen LogP contribution in [0, 0.1) is 5.92 Å². The van der Waals surface area contributed by atoms with E-state index in [0.29, 0.717) is 5.92 Å². The lowest BCUT2D eigenvalue weighted by Crippen LogP contribution is -2.76. The summed E-state index contributed by atoms with van der Waals surface area (Å²) in [6.45, 7) is 4.86. The van der Waals surface area contributed by atoms with Crippen LogP contribution in [0.1, 0.15) is 71.6 Å². The lowest BCUT2D eigenvalue weighted by Gasteiger charge is -2.53. The van der Waals surface area contributed by atoms with Gasteiger partial charge in [-0.25, -0.2) is 0 Å². The molecule has 1 saturated heterocycles. The van der Waals surface area contributed by atoms with E-state index in [1.54, 1.807) is 0 Å². The monoisotopic (exact) mass is 292 g/mol. The van der Waals surface area contributed by atoms with E-state index < -0.39 is 11.1 Å². The van der Waals surface area contributed by atoms with Crippen LogP contribution in [-0.4, -0.2) is 34.3 Å². The number of rotatable bonds is 4. The van der Waals surface area contributed by atoms with Crippen LogP contribution in [0.2, 0.25) is 0 Å². The molecule has 0 aromatic carbocycles. The minimum absolute atomic E-state index is 0.0996. The summed E-state index contributed by atoms with van der Waals surface area (Å²) in [5.74, 6) is 0.659. The lowest BCUT2D eigenvalue weighted by atomic mass is 9.75. The third-order valence-electron chi connectivity index (χ3n) is 5.84. The number of piperazine rings is 1. The standard InChI is InChI=1S/C17H28N2O2/c1-3-4-12-19-15(21)17(10-6-5-7-11-17)18-14(20)16(19,2)13-8-9-13/h13H,3-12H2,1-2H3,(H,18,20). The zero-order chi connectivity index (χ0) is 15.1. The van der Waals surface area contributed by atoms with Crippen LogP contribution in [0.4, 0.5) is 0 Å². The maximum absolute atomic E-state index is 13.2. The van der Waals surface area contributed by atoms with E-state index in [-0.39, 0.29) is 11.8 Å². The second-order valence-corrected chi connectivity index (χ2v) is 7.33. The van der Waals surface area contributed by atoms with E-state index >= 15 is 0 Å². The van der Waals surface area contributed by atoms with Gasteiger partial charge >= 0.3 is 0 Å². The summed E-state index contributed by atoms with van der Waals surface area (Å²) in [5, 5.41) is 3.17. The first-order valence-electron chi connectivity index (χ1n) is 8.69. The molecule has 1 atom stereocenters. The third kappa shape index (κ3) is 2.27. The fourth-order valence-electron chi connectivity index (χ4n) is 4.18. The van der Waals surface area contributed by atoms with E-state index in [1.807, 2.05) is 11.8 Å². The van der Waals surface area contributed by atoms with E-state index in [9.17, 15) is 9.59 Å². The van der Waals surface area contributed by atoms with Crippen molar-refractivity contribution >= 4 is 11.8 Å². The van der Waals surface area contributed by atoms with Gasteiger partial charge in [0, 0.05) is 6.54 Å². The highest BCUT2D eigenvalue weighted by Crippen LogP contribution is 2.47. The molecule has 1 unspecified atom stereocenters. The van der Waals surface area contributed by atoms with Crippen LogP contribution in [0.25, 0.3) is 0 Å². The van der Waals surface area contributed by atoms with E-state index in [2.05, 4.69) is 12.2 Å². The normalized spacial score (nSPS) is 32.4. The van der Waals surface area contributed by atoms with Gasteiger partial charge in [0.25, 0.3) is 0 Å². The van der Waals surface area contributed by atoms with Crippen molar-refractivity contribution in [1.29, 1.82) is 0 Å². The van der Waals surface area contributed by atoms with E-state index in [0.717, 1.165) is 57.9 Å². The van der Waals surface area contributed by atoms with E-state index in [1.165, 1.54) is 6.42 Å². The van der Waals surface area contributed by atoms with Gasteiger partial charge in [0.2, 0.25) is 11.8 Å². The van der Waals surface area contributed by atoms with Crippen LogP contribution < -0.4 is 5.32 Å². The number of carbonyl (C=O) groups is 2. The Balaban J connectivity index is 1.91. The number of nitrogens with one attached hydrogen (secondary N) is 1. The van der Waals surface area contributed by atoms with Gasteiger partial charge in [-0.1, -0.05) is 32.6 Å². The first-order chi connectivity index (χ1) is 10.0. The molecule has 2 aliphatic carbocycles. The highest BCUT2D eigenvalue weighted by atomic mass is 16.2. The van der Waals surface area contributed by atoms with Crippen molar-refractivity contribution in [2.45, 2.75) is 82.7 Å². The lowest BCUT2D eigenvalue weighted by molar-refractivity contribution is -0.165. The van der Waals surface area contributed by atoms with E-state index in [4.69, 9.17) is 0 Å². The number of hydrogen-bond acceptors (Lipinski definition) is 2. The Morgan fingerprint density at radius 2 is 1.86 bits per heavy atom. The Bertz CT molecular complexity index is 438.